The van der Waals surface area contributed by atoms with Gasteiger partial charge < -0.3 is 18.9 Å². The Morgan fingerprint density at radius 2 is 1.87 bits per heavy atom. The molecule has 0 saturated carbocycles. The van der Waals surface area contributed by atoms with E-state index >= 15 is 0 Å². The molecule has 0 aliphatic rings. The number of carbonyl (C=O) groups excluding carboxylic acids is 1. The molecule has 3 rings (SSSR count). The molecule has 0 saturated heterocycles. The second-order valence-electron chi connectivity index (χ2n) is 6.58. The van der Waals surface area contributed by atoms with E-state index in [1.165, 1.54) is 24.1 Å². The van der Waals surface area contributed by atoms with Gasteiger partial charge in [-0.15, -0.1) is 0 Å². The van der Waals surface area contributed by atoms with Crippen LogP contribution in [0.5, 0.6) is 11.5 Å². The highest BCUT2D eigenvalue weighted by atomic mass is 35.5. The number of amides is 1. The summed E-state index contributed by atoms with van der Waals surface area (Å²) in [6.07, 6.45) is 0. The van der Waals surface area contributed by atoms with Crippen molar-refractivity contribution in [3.05, 3.63) is 63.3 Å². The molecule has 0 unspecified atom stereocenters. The van der Waals surface area contributed by atoms with Crippen molar-refractivity contribution in [2.24, 2.45) is 0 Å². The van der Waals surface area contributed by atoms with E-state index < -0.39 is 6.61 Å². The zero-order chi connectivity index (χ0) is 22.7. The third kappa shape index (κ3) is 4.91. The second-order valence-corrected chi connectivity index (χ2v) is 7.40. The third-order valence-electron chi connectivity index (χ3n) is 4.49. The highest BCUT2D eigenvalue weighted by molar-refractivity contribution is 6.39. The first-order valence-corrected chi connectivity index (χ1v) is 9.76. The summed E-state index contributed by atoms with van der Waals surface area (Å²) in [5, 5.41) is 4.65. The topological polar surface area (TPSA) is 64.8 Å². The molecule has 0 N–H and O–H groups in total. The first-order chi connectivity index (χ1) is 14.7. The van der Waals surface area contributed by atoms with Gasteiger partial charge in [-0.1, -0.05) is 40.5 Å². The van der Waals surface area contributed by atoms with Gasteiger partial charge in [-0.25, -0.2) is 0 Å². The zero-order valence-electron chi connectivity index (χ0n) is 16.8. The molecule has 0 radical (unpaired) electrons. The van der Waals surface area contributed by atoms with Gasteiger partial charge in [0.2, 0.25) is 0 Å². The summed E-state index contributed by atoms with van der Waals surface area (Å²) in [5.41, 5.74) is 1.50. The van der Waals surface area contributed by atoms with Crippen LogP contribution in [0.4, 0.5) is 8.78 Å². The number of rotatable bonds is 7. The van der Waals surface area contributed by atoms with Crippen molar-refractivity contribution < 1.29 is 27.6 Å². The van der Waals surface area contributed by atoms with Crippen molar-refractivity contribution in [3.63, 3.8) is 0 Å². The van der Waals surface area contributed by atoms with Crippen molar-refractivity contribution in [1.82, 2.24) is 10.1 Å². The van der Waals surface area contributed by atoms with Gasteiger partial charge in [0.05, 0.1) is 17.2 Å². The largest absolute Gasteiger partial charge is 0.493 e. The SMILES string of the molecule is COc1cc(CN(C)C(=O)c2c(-c3c(Cl)cccc3Cl)noc2C)ccc1OC(F)F. The lowest BCUT2D eigenvalue weighted by Crippen LogP contribution is -2.27. The number of hydrogen-bond donors (Lipinski definition) is 0. The smallest absolute Gasteiger partial charge is 0.387 e. The fourth-order valence-corrected chi connectivity index (χ4v) is 3.64. The number of methoxy groups -OCH3 is 1. The number of aromatic nitrogens is 1. The van der Waals surface area contributed by atoms with Crippen molar-refractivity contribution in [1.29, 1.82) is 0 Å². The maximum atomic E-state index is 13.2. The van der Waals surface area contributed by atoms with E-state index in [1.807, 2.05) is 0 Å². The summed E-state index contributed by atoms with van der Waals surface area (Å²) < 4.78 is 39.8. The molecule has 0 atom stereocenters. The summed E-state index contributed by atoms with van der Waals surface area (Å²) in [4.78, 5) is 14.6. The lowest BCUT2D eigenvalue weighted by Gasteiger charge is -2.19. The Labute approximate surface area is 187 Å². The van der Waals surface area contributed by atoms with Gasteiger partial charge in [0.1, 0.15) is 17.0 Å². The average molecular weight is 471 g/mol. The molecule has 31 heavy (non-hydrogen) atoms. The lowest BCUT2D eigenvalue weighted by molar-refractivity contribution is -0.0512. The molecule has 2 aromatic carbocycles. The number of aryl methyl sites for hydroxylation is 1. The van der Waals surface area contributed by atoms with Crippen LogP contribution in [-0.2, 0) is 6.54 Å². The van der Waals surface area contributed by atoms with Gasteiger partial charge in [0.15, 0.2) is 11.5 Å². The van der Waals surface area contributed by atoms with Crippen molar-refractivity contribution in [2.75, 3.05) is 14.2 Å². The van der Waals surface area contributed by atoms with Gasteiger partial charge in [0.25, 0.3) is 5.91 Å². The van der Waals surface area contributed by atoms with E-state index in [4.69, 9.17) is 32.5 Å². The van der Waals surface area contributed by atoms with E-state index in [1.54, 1.807) is 38.2 Å². The summed E-state index contributed by atoms with van der Waals surface area (Å²) in [6, 6.07) is 9.41. The maximum Gasteiger partial charge on any atom is 0.387 e. The molecule has 1 aromatic heterocycles. The number of hydrogen-bond acceptors (Lipinski definition) is 5. The molecule has 164 valence electrons. The zero-order valence-corrected chi connectivity index (χ0v) is 18.3. The Morgan fingerprint density at radius 3 is 2.48 bits per heavy atom. The number of alkyl halides is 2. The van der Waals surface area contributed by atoms with Crippen LogP contribution in [0.3, 0.4) is 0 Å². The van der Waals surface area contributed by atoms with Crippen LogP contribution in [0, 0.1) is 6.92 Å². The van der Waals surface area contributed by atoms with E-state index in [0.717, 1.165) is 0 Å². The maximum absolute atomic E-state index is 13.2. The van der Waals surface area contributed by atoms with Crippen LogP contribution in [0.2, 0.25) is 10.0 Å². The minimum absolute atomic E-state index is 0.0965. The summed E-state index contributed by atoms with van der Waals surface area (Å²) in [5.74, 6) is -0.0400. The molecule has 10 heteroatoms. The molecule has 0 bridgehead atoms. The van der Waals surface area contributed by atoms with Gasteiger partial charge in [0, 0.05) is 19.2 Å². The minimum Gasteiger partial charge on any atom is -0.493 e. The normalized spacial score (nSPS) is 11.0. The quantitative estimate of drug-likeness (QED) is 0.433. The highest BCUT2D eigenvalue weighted by Gasteiger charge is 2.27. The van der Waals surface area contributed by atoms with Crippen LogP contribution in [0.1, 0.15) is 21.7 Å². The highest BCUT2D eigenvalue weighted by Crippen LogP contribution is 2.37. The van der Waals surface area contributed by atoms with Crippen molar-refractivity contribution >= 4 is 29.1 Å². The molecule has 1 heterocycles. The Kier molecular flexibility index (Phi) is 7.02. The van der Waals surface area contributed by atoms with E-state index in [0.29, 0.717) is 26.9 Å². The van der Waals surface area contributed by atoms with Gasteiger partial charge >= 0.3 is 6.61 Å². The fourth-order valence-electron chi connectivity index (χ4n) is 3.06. The van der Waals surface area contributed by atoms with E-state index in [-0.39, 0.29) is 35.2 Å². The van der Waals surface area contributed by atoms with Gasteiger partial charge in [-0.05, 0) is 36.8 Å². The minimum atomic E-state index is -2.98. The number of benzene rings is 2. The van der Waals surface area contributed by atoms with Crippen LogP contribution in [0.15, 0.2) is 40.9 Å². The summed E-state index contributed by atoms with van der Waals surface area (Å²) in [7, 11) is 2.93. The molecule has 3 aromatic rings. The molecule has 0 spiro atoms. The second kappa shape index (κ2) is 9.53. The first kappa shape index (κ1) is 22.8. The number of halogens is 4. The van der Waals surface area contributed by atoms with E-state index in [9.17, 15) is 13.6 Å². The lowest BCUT2D eigenvalue weighted by atomic mass is 10.0. The molecule has 0 fully saturated rings. The number of ether oxygens (including phenoxy) is 2. The Bertz CT molecular complexity index is 1080. The molecule has 6 nitrogen and oxygen atoms in total. The van der Waals surface area contributed by atoms with Crippen LogP contribution in [0.25, 0.3) is 11.3 Å². The third-order valence-corrected chi connectivity index (χ3v) is 5.12. The molecule has 0 aliphatic heterocycles. The summed E-state index contributed by atoms with van der Waals surface area (Å²) >= 11 is 12.5. The van der Waals surface area contributed by atoms with E-state index in [2.05, 4.69) is 9.89 Å². The van der Waals surface area contributed by atoms with Crippen molar-refractivity contribution in [3.8, 4) is 22.8 Å². The van der Waals surface area contributed by atoms with Crippen LogP contribution in [-0.4, -0.2) is 36.7 Å². The standard InChI is InChI=1S/C21H18Cl2F2N2O4/c1-11-17(19(26-31-11)18-13(22)5-4-6-14(18)23)20(28)27(2)10-12-7-8-15(30-21(24)25)16(9-12)29-3/h4-9,21H,10H2,1-3H3. The molecular formula is C21H18Cl2F2N2O4. The number of carbonyl (C=O) groups is 1. The van der Waals surface area contributed by atoms with Crippen molar-refractivity contribution in [2.45, 2.75) is 20.1 Å². The van der Waals surface area contributed by atoms with Gasteiger partial charge in [-0.3, -0.25) is 4.79 Å². The van der Waals surface area contributed by atoms with Crippen LogP contribution < -0.4 is 9.47 Å². The number of nitrogens with zero attached hydrogens (tertiary/aromatic N) is 2. The average Bonchev–Trinajstić information content (AvgIpc) is 3.09. The molecule has 0 aliphatic carbocycles. The fraction of sp³-hybridized carbons (Fsp3) is 0.238. The Morgan fingerprint density at radius 1 is 1.19 bits per heavy atom. The predicted octanol–water partition coefficient (Wildman–Crippen LogP) is 5.84. The Balaban J connectivity index is 1.89. The first-order valence-electron chi connectivity index (χ1n) is 9.00. The summed E-state index contributed by atoms with van der Waals surface area (Å²) in [6.45, 7) is -1.21. The predicted molar refractivity (Wildman–Crippen MR) is 112 cm³/mol. The molecule has 1 amide bonds. The monoisotopic (exact) mass is 470 g/mol. The Hall–Kier alpha value is -2.84. The molecular weight excluding hydrogens is 453 g/mol. The van der Waals surface area contributed by atoms with Gasteiger partial charge in [-0.2, -0.15) is 8.78 Å². The van der Waals surface area contributed by atoms with Crippen LogP contribution >= 0.6 is 23.2 Å².